The van der Waals surface area contributed by atoms with Gasteiger partial charge in [0.05, 0.1) is 33.0 Å². The predicted molar refractivity (Wildman–Crippen MR) is 596 cm³/mol. The molecule has 0 bridgehead atoms. The second-order valence-electron chi connectivity index (χ2n) is 39.2. The van der Waals surface area contributed by atoms with Crippen LogP contribution in [0.4, 0.5) is 34.1 Å². The van der Waals surface area contributed by atoms with Crippen LogP contribution in [-0.4, -0.2) is 0 Å². The number of para-hydroxylation sites is 3. The van der Waals surface area contributed by atoms with Crippen LogP contribution in [0.15, 0.2) is 505 Å². The first-order chi connectivity index (χ1) is 71.4. The van der Waals surface area contributed by atoms with Gasteiger partial charge in [-0.2, -0.15) is 0 Å². The highest BCUT2D eigenvalue weighted by Gasteiger charge is 2.57. The van der Waals surface area contributed by atoms with Crippen molar-refractivity contribution in [2.24, 2.45) is 0 Å². The van der Waals surface area contributed by atoms with Crippen molar-refractivity contribution in [3.05, 3.63) is 574 Å². The molecule has 6 heterocycles. The van der Waals surface area contributed by atoms with Gasteiger partial charge in [-0.15, -0.1) is 22.7 Å². The number of nitrogens with zero attached hydrogens (tertiary/aromatic N) is 2. The average Bonchev–Trinajstić information content (AvgIpc) is 1.53. The van der Waals surface area contributed by atoms with Crippen molar-refractivity contribution in [1.29, 1.82) is 0 Å². The lowest BCUT2D eigenvalue weighted by Crippen LogP contribution is -2.32. The summed E-state index contributed by atoms with van der Waals surface area (Å²) in [5.41, 5.74) is 40.2. The topological polar surface area (TPSA) is 24.9 Å². The molecular weight excluding hydrogens is 1820 g/mol. The molecule has 4 aliphatic heterocycles. The maximum absolute atomic E-state index is 7.33. The SMILES string of the molecule is c1ccc2c(c1)Oc1ccccc1C21c2ccccc2-c2c(N(c3ccc(-c4cccc5c4sc4ccc(-c6ccc7c(c6)C6(c8ccccc8O7)c7ccccc7-c7c(N(c8ccc(-c9ccc%10sc%11ccccc%11c%10c9)cc8)c8ccc9c(c8)C8(c%10ccccc%10Sc%10ccccc%108)c8ccccc8-9)cccc76)cc45)cc3)c3ccc4c(c3)C3(c5ccccc5Sc5ccccc53)c3ccccc3-4)cccc21. The molecule has 4 nitrogen and oxygen atoms in total. The van der Waals surface area contributed by atoms with E-state index in [2.05, 4.69) is 495 Å². The molecule has 0 fully saturated rings. The molecule has 22 aromatic carbocycles. The summed E-state index contributed by atoms with van der Waals surface area (Å²) < 4.78 is 19.3. The Hall–Kier alpha value is -16.8. The second kappa shape index (κ2) is 30.4. The van der Waals surface area contributed by atoms with E-state index >= 15 is 0 Å². The van der Waals surface area contributed by atoms with Crippen molar-refractivity contribution in [3.8, 4) is 101 Å². The average molecular weight is 1900 g/mol. The summed E-state index contributed by atoms with van der Waals surface area (Å²) in [6, 6.07) is 184. The molecule has 0 radical (unpaired) electrons. The summed E-state index contributed by atoms with van der Waals surface area (Å²) in [5, 5.41) is 5.03. The zero-order chi connectivity index (χ0) is 94.0. The van der Waals surface area contributed by atoms with Gasteiger partial charge in [0.1, 0.15) is 23.0 Å². The van der Waals surface area contributed by atoms with E-state index in [1.54, 1.807) is 0 Å². The van der Waals surface area contributed by atoms with Gasteiger partial charge in [0.25, 0.3) is 0 Å². The van der Waals surface area contributed by atoms with Gasteiger partial charge in [-0.25, -0.2) is 0 Å². The van der Waals surface area contributed by atoms with Crippen molar-refractivity contribution < 1.29 is 9.47 Å². The van der Waals surface area contributed by atoms with Crippen molar-refractivity contribution in [1.82, 2.24) is 0 Å². The molecule has 670 valence electrons. The van der Waals surface area contributed by atoms with Gasteiger partial charge >= 0.3 is 0 Å². The third-order valence-corrected chi connectivity index (χ3v) is 37.2. The molecule has 1 atom stereocenters. The highest BCUT2D eigenvalue weighted by molar-refractivity contribution is 7.99. The summed E-state index contributed by atoms with van der Waals surface area (Å²) >= 11 is 7.51. The van der Waals surface area contributed by atoms with E-state index in [0.29, 0.717) is 0 Å². The van der Waals surface area contributed by atoms with Crippen molar-refractivity contribution >= 4 is 121 Å². The molecule has 32 rings (SSSR count). The molecule has 0 saturated carbocycles. The third-order valence-electron chi connectivity index (χ3n) is 32.6. The van der Waals surface area contributed by atoms with E-state index in [4.69, 9.17) is 9.47 Å². The van der Waals surface area contributed by atoms with Crippen LogP contribution in [0.1, 0.15) is 89.0 Å². The molecule has 0 saturated heterocycles. The van der Waals surface area contributed by atoms with E-state index in [0.717, 1.165) is 102 Å². The maximum atomic E-state index is 7.33. The Labute approximate surface area is 849 Å². The largest absolute Gasteiger partial charge is 0.457 e. The second-order valence-corrected chi connectivity index (χ2v) is 43.5. The molecule has 144 heavy (non-hydrogen) atoms. The van der Waals surface area contributed by atoms with Gasteiger partial charge in [-0.05, 0) is 279 Å². The first-order valence-electron chi connectivity index (χ1n) is 49.5. The Morgan fingerprint density at radius 1 is 0.174 bits per heavy atom. The Morgan fingerprint density at radius 3 is 0.993 bits per heavy atom. The molecule has 8 heteroatoms. The lowest BCUT2D eigenvalue weighted by Gasteiger charge is -2.40. The van der Waals surface area contributed by atoms with Crippen LogP contribution in [0.2, 0.25) is 0 Å². The van der Waals surface area contributed by atoms with Gasteiger partial charge in [0, 0.05) is 116 Å². The quantitative estimate of drug-likeness (QED) is 0.143. The van der Waals surface area contributed by atoms with E-state index in [9.17, 15) is 0 Å². The van der Waals surface area contributed by atoms with Gasteiger partial charge in [-0.3, -0.25) is 0 Å². The number of hydrogen-bond acceptors (Lipinski definition) is 8. The molecular formula is C136H80N2O2S4. The van der Waals surface area contributed by atoms with Gasteiger partial charge in [0.15, 0.2) is 0 Å². The van der Waals surface area contributed by atoms with Gasteiger partial charge in [0.2, 0.25) is 0 Å². The van der Waals surface area contributed by atoms with Crippen molar-refractivity contribution in [3.63, 3.8) is 0 Å². The summed E-state index contributed by atoms with van der Waals surface area (Å²) in [6.45, 7) is 0. The molecule has 0 amide bonds. The highest BCUT2D eigenvalue weighted by Crippen LogP contribution is 2.71. The molecule has 4 spiro atoms. The Balaban J connectivity index is 0.542. The van der Waals surface area contributed by atoms with Crippen LogP contribution in [0.25, 0.3) is 118 Å². The minimum Gasteiger partial charge on any atom is -0.457 e. The number of benzene rings is 22. The van der Waals surface area contributed by atoms with Crippen molar-refractivity contribution in [2.45, 2.75) is 41.2 Å². The predicted octanol–water partition coefficient (Wildman–Crippen LogP) is 37.0. The first kappa shape index (κ1) is 80.9. The first-order valence-corrected chi connectivity index (χ1v) is 52.8. The molecule has 8 aliphatic rings. The molecule has 1 unspecified atom stereocenters. The number of ether oxygens (including phenoxy) is 2. The third kappa shape index (κ3) is 10.8. The number of anilines is 6. The number of hydrogen-bond donors (Lipinski definition) is 0. The fourth-order valence-corrected chi connectivity index (χ4v) is 31.6. The summed E-state index contributed by atoms with van der Waals surface area (Å²) in [7, 11) is 0. The number of thiophene rings is 2. The van der Waals surface area contributed by atoms with Gasteiger partial charge < -0.3 is 19.3 Å². The Bertz CT molecular complexity index is 9610. The standard InChI is InChI=1S/C136H80N2O2S4/c1-6-35-101-91(28-1)93-71-69-88(79-114(93)135(101)108-42-13-21-54-126(108)142-127-55-22-14-43-109(127)135)137(86-65-58-81(59-66-86)83-63-74-124-99(76-83)95-30-5-20-53-123(95)141-124)118-49-27-47-113-131(118)98-32-4-9-38-104(98)134(113)107-41-12-19-52-121(107)140-122-73-62-85(78-116(122)134)84-64-75-125-100(77-84)96-34-25-33-90(132(96)144-125)82-60-67-87(68-61-82)138(89-70-72-94-92-29-2-7-36-102(92)136(115(94)80-89)110-44-15-23-56-128(110)143-129-57-24-16-45-111(129)136)117-48-26-46-112-130(117)97-31-3-8-37-103(97)133(112)105-39-10-17-50-119(105)139-120-51-18-11-40-106(120)133/h1-80H. The van der Waals surface area contributed by atoms with Crippen LogP contribution in [0.3, 0.4) is 0 Å². The van der Waals surface area contributed by atoms with E-state index in [-0.39, 0.29) is 0 Å². The number of rotatable bonds is 9. The highest BCUT2D eigenvalue weighted by atomic mass is 32.2. The summed E-state index contributed by atoms with van der Waals surface area (Å²) in [5.74, 6) is 3.42. The molecule has 24 aromatic rings. The molecule has 4 aliphatic carbocycles. The maximum Gasteiger partial charge on any atom is 0.132 e. The smallest absolute Gasteiger partial charge is 0.132 e. The van der Waals surface area contributed by atoms with Crippen molar-refractivity contribution in [2.75, 3.05) is 9.80 Å². The normalized spacial score (nSPS) is 15.2. The monoisotopic (exact) mass is 1900 g/mol. The minimum atomic E-state index is -0.829. The Morgan fingerprint density at radius 2 is 0.493 bits per heavy atom. The van der Waals surface area contributed by atoms with Crippen LogP contribution in [0, 0.1) is 0 Å². The molecule has 2 aromatic heterocycles. The summed E-state index contributed by atoms with van der Waals surface area (Å²) in [4.78, 5) is 10.2. The lowest BCUT2D eigenvalue weighted by atomic mass is 9.65. The van der Waals surface area contributed by atoms with Gasteiger partial charge in [-0.1, -0.05) is 363 Å². The zero-order valence-electron chi connectivity index (χ0n) is 77.5. The van der Waals surface area contributed by atoms with Crippen LogP contribution in [-0.2, 0) is 21.7 Å². The van der Waals surface area contributed by atoms with E-state index in [1.165, 1.54) is 182 Å². The fourth-order valence-electron chi connectivity index (χ4n) is 26.9. The van der Waals surface area contributed by atoms with Crippen LogP contribution >= 0.6 is 46.2 Å². The number of fused-ring (bicyclic) bond motifs is 42. The van der Waals surface area contributed by atoms with E-state index < -0.39 is 21.7 Å². The summed E-state index contributed by atoms with van der Waals surface area (Å²) in [6.07, 6.45) is 0. The molecule has 0 N–H and O–H groups in total. The van der Waals surface area contributed by atoms with E-state index in [1.807, 2.05) is 46.2 Å². The fraction of sp³-hybridized carbons (Fsp3) is 0.0294. The Kier molecular flexibility index (Phi) is 17.1. The lowest BCUT2D eigenvalue weighted by molar-refractivity contribution is 0.436. The zero-order valence-corrected chi connectivity index (χ0v) is 80.8. The van der Waals surface area contributed by atoms with Crippen LogP contribution in [0.5, 0.6) is 23.0 Å². The minimum absolute atomic E-state index is 0.599. The van der Waals surface area contributed by atoms with Crippen LogP contribution < -0.4 is 19.3 Å².